The predicted molar refractivity (Wildman–Crippen MR) is 138 cm³/mol. The molecule has 2 heterocycles. The summed E-state index contributed by atoms with van der Waals surface area (Å²) in [5.74, 6) is -4.16. The normalized spacial score (nSPS) is 21.5. The number of aromatic nitrogens is 2. The zero-order chi connectivity index (χ0) is 31.1. The Morgan fingerprint density at radius 3 is 2.17 bits per heavy atom. The van der Waals surface area contributed by atoms with Crippen LogP contribution in [0.2, 0.25) is 0 Å². The molecular formula is C25H29N5O12. The van der Waals surface area contributed by atoms with E-state index in [1.807, 2.05) is 0 Å². The van der Waals surface area contributed by atoms with Gasteiger partial charge in [-0.3, -0.25) is 34.1 Å². The quantitative estimate of drug-likeness (QED) is 0.151. The van der Waals surface area contributed by atoms with Crippen LogP contribution in [0, 0.1) is 10.1 Å². The Morgan fingerprint density at radius 2 is 1.64 bits per heavy atom. The number of nitrogens with one attached hydrogen (secondary N) is 1. The van der Waals surface area contributed by atoms with Gasteiger partial charge in [0.2, 0.25) is 18.1 Å². The number of nitrogens with two attached hydrogens (primary N) is 1. The van der Waals surface area contributed by atoms with Gasteiger partial charge in [0, 0.05) is 46.4 Å². The second kappa shape index (κ2) is 13.5. The average molecular weight is 592 g/mol. The molecule has 0 aliphatic carbocycles. The van der Waals surface area contributed by atoms with E-state index in [2.05, 4.69) is 10.3 Å². The molecule has 3 N–H and O–H groups in total. The molecule has 1 aromatic heterocycles. The van der Waals surface area contributed by atoms with E-state index < -0.39 is 71.9 Å². The van der Waals surface area contributed by atoms with Crippen LogP contribution in [0.25, 0.3) is 0 Å². The van der Waals surface area contributed by atoms with Crippen molar-refractivity contribution in [3.8, 4) is 5.88 Å². The van der Waals surface area contributed by atoms with Gasteiger partial charge in [0.15, 0.2) is 17.9 Å². The molecule has 1 aromatic carbocycles. The van der Waals surface area contributed by atoms with Gasteiger partial charge < -0.3 is 39.3 Å². The molecule has 0 spiro atoms. The van der Waals surface area contributed by atoms with E-state index in [-0.39, 0.29) is 23.8 Å². The standard InChI is InChI=1S/C25H29N5O12/c1-12(31)28-19-22(40-15(4)34)21(39-14(3)33)18(10-38-13(2)32)41-25(19)42-24-20(23(26)35)29(11-27-24)9-16-5-7-17(8-6-16)30(36)37/h5-8,11,18-19,21-22,25H,9-10H2,1-4H3,(H2,26,35)(H,28,31)/t18-,19-,21-,22-,25+/m1/s1. The van der Waals surface area contributed by atoms with Crippen molar-refractivity contribution in [2.24, 2.45) is 5.73 Å². The largest absolute Gasteiger partial charge is 0.463 e. The molecule has 226 valence electrons. The van der Waals surface area contributed by atoms with Gasteiger partial charge in [-0.15, -0.1) is 0 Å². The number of hydrogen-bond donors (Lipinski definition) is 2. The fourth-order valence-corrected chi connectivity index (χ4v) is 4.24. The monoisotopic (exact) mass is 591 g/mol. The van der Waals surface area contributed by atoms with Crippen LogP contribution in [0.4, 0.5) is 5.69 Å². The Hall–Kier alpha value is -5.06. The zero-order valence-electron chi connectivity index (χ0n) is 23.0. The Bertz CT molecular complexity index is 1360. The third-order valence-electron chi connectivity index (χ3n) is 5.84. The maximum absolute atomic E-state index is 12.5. The molecule has 1 aliphatic heterocycles. The highest BCUT2D eigenvalue weighted by Crippen LogP contribution is 2.30. The van der Waals surface area contributed by atoms with Crippen molar-refractivity contribution < 1.29 is 52.6 Å². The first kappa shape index (κ1) is 31.5. The molecule has 0 bridgehead atoms. The van der Waals surface area contributed by atoms with Crippen LogP contribution in [0.5, 0.6) is 5.88 Å². The van der Waals surface area contributed by atoms with Crippen LogP contribution < -0.4 is 15.8 Å². The maximum atomic E-state index is 12.5. The Balaban J connectivity index is 2.00. The summed E-state index contributed by atoms with van der Waals surface area (Å²) in [7, 11) is 0. The molecule has 1 saturated heterocycles. The second-order valence-electron chi connectivity index (χ2n) is 9.15. The molecular weight excluding hydrogens is 562 g/mol. The molecule has 3 rings (SSSR count). The number of imidazole rings is 1. The van der Waals surface area contributed by atoms with Crippen molar-refractivity contribution >= 4 is 35.4 Å². The van der Waals surface area contributed by atoms with Gasteiger partial charge in [0.05, 0.1) is 11.3 Å². The van der Waals surface area contributed by atoms with Crippen molar-refractivity contribution in [3.63, 3.8) is 0 Å². The fraction of sp³-hybridized carbons (Fsp3) is 0.440. The number of hydrogen-bond acceptors (Lipinski definition) is 13. The van der Waals surface area contributed by atoms with Gasteiger partial charge in [-0.2, -0.15) is 0 Å². The van der Waals surface area contributed by atoms with Gasteiger partial charge >= 0.3 is 17.9 Å². The summed E-state index contributed by atoms with van der Waals surface area (Å²) in [6.07, 6.45) is -4.30. The number of nitro benzene ring substituents is 1. The van der Waals surface area contributed by atoms with E-state index in [0.717, 1.165) is 20.8 Å². The lowest BCUT2D eigenvalue weighted by molar-refractivity contribution is -0.384. The van der Waals surface area contributed by atoms with Gasteiger partial charge in [-0.05, 0) is 5.56 Å². The fourth-order valence-electron chi connectivity index (χ4n) is 4.24. The van der Waals surface area contributed by atoms with E-state index in [1.165, 1.54) is 42.1 Å². The third kappa shape index (κ3) is 8.00. The number of carbonyl (C=O) groups is 5. The second-order valence-corrected chi connectivity index (χ2v) is 9.15. The molecule has 42 heavy (non-hydrogen) atoms. The van der Waals surface area contributed by atoms with Crippen LogP contribution in [0.15, 0.2) is 30.6 Å². The lowest BCUT2D eigenvalue weighted by Gasteiger charge is -2.44. The minimum atomic E-state index is -1.54. The van der Waals surface area contributed by atoms with E-state index in [9.17, 15) is 34.1 Å². The number of non-ortho nitro benzene ring substituents is 1. The highest BCUT2D eigenvalue weighted by molar-refractivity contribution is 5.93. The first-order valence-corrected chi connectivity index (χ1v) is 12.4. The number of amides is 2. The third-order valence-corrected chi connectivity index (χ3v) is 5.84. The van der Waals surface area contributed by atoms with E-state index in [0.29, 0.717) is 5.56 Å². The molecule has 2 aromatic rings. The molecule has 5 atom stereocenters. The molecule has 1 fully saturated rings. The summed E-state index contributed by atoms with van der Waals surface area (Å²) in [5.41, 5.74) is 5.83. The van der Waals surface area contributed by atoms with Crippen LogP contribution in [-0.2, 0) is 44.7 Å². The summed E-state index contributed by atoms with van der Waals surface area (Å²) >= 11 is 0. The first-order chi connectivity index (χ1) is 19.8. The van der Waals surface area contributed by atoms with Crippen molar-refractivity contribution in [1.82, 2.24) is 14.9 Å². The Kier molecular flexibility index (Phi) is 10.1. The highest BCUT2D eigenvalue weighted by atomic mass is 16.7. The predicted octanol–water partition coefficient (Wildman–Crippen LogP) is -0.0266. The highest BCUT2D eigenvalue weighted by Gasteiger charge is 2.52. The molecule has 1 aliphatic rings. The van der Waals surface area contributed by atoms with Gasteiger partial charge in [-0.1, -0.05) is 12.1 Å². The summed E-state index contributed by atoms with van der Waals surface area (Å²) in [6.45, 7) is 4.05. The van der Waals surface area contributed by atoms with Crippen molar-refractivity contribution in [2.45, 2.75) is 64.9 Å². The zero-order valence-corrected chi connectivity index (χ0v) is 23.0. The molecule has 0 radical (unpaired) electrons. The lowest BCUT2D eigenvalue weighted by atomic mass is 9.96. The van der Waals surface area contributed by atoms with Crippen LogP contribution in [0.1, 0.15) is 43.7 Å². The smallest absolute Gasteiger partial charge is 0.303 e. The maximum Gasteiger partial charge on any atom is 0.303 e. The van der Waals surface area contributed by atoms with Crippen molar-refractivity contribution in [1.29, 1.82) is 0 Å². The number of rotatable bonds is 11. The molecule has 17 nitrogen and oxygen atoms in total. The van der Waals surface area contributed by atoms with Crippen molar-refractivity contribution in [3.05, 3.63) is 52.0 Å². The molecule has 17 heteroatoms. The van der Waals surface area contributed by atoms with Crippen LogP contribution >= 0.6 is 0 Å². The number of carbonyl (C=O) groups excluding carboxylic acids is 5. The number of nitro groups is 1. The Labute approximate surface area is 238 Å². The number of primary amides is 1. The van der Waals surface area contributed by atoms with Gasteiger partial charge in [0.25, 0.3) is 11.6 Å². The summed E-state index contributed by atoms with van der Waals surface area (Å²) in [6, 6.07) is 4.24. The molecule has 2 amide bonds. The minimum Gasteiger partial charge on any atom is -0.463 e. The minimum absolute atomic E-state index is 0.0208. The topological polar surface area (TPSA) is 231 Å². The number of nitrogens with zero attached hydrogens (tertiary/aromatic N) is 3. The number of ether oxygens (including phenoxy) is 5. The summed E-state index contributed by atoms with van der Waals surface area (Å²) in [4.78, 5) is 74.6. The Morgan fingerprint density at radius 1 is 1.02 bits per heavy atom. The molecule has 0 saturated carbocycles. The summed E-state index contributed by atoms with van der Waals surface area (Å²) < 4.78 is 29.0. The first-order valence-electron chi connectivity index (χ1n) is 12.4. The van der Waals surface area contributed by atoms with Crippen LogP contribution in [0.3, 0.4) is 0 Å². The number of esters is 3. The average Bonchev–Trinajstić information content (AvgIpc) is 3.28. The van der Waals surface area contributed by atoms with Crippen LogP contribution in [-0.4, -0.2) is 81.4 Å². The van der Waals surface area contributed by atoms with Gasteiger partial charge in [0.1, 0.15) is 18.8 Å². The van der Waals surface area contributed by atoms with Crippen molar-refractivity contribution in [2.75, 3.05) is 6.61 Å². The van der Waals surface area contributed by atoms with E-state index >= 15 is 0 Å². The number of benzene rings is 1. The summed E-state index contributed by atoms with van der Waals surface area (Å²) in [5, 5.41) is 13.5. The van der Waals surface area contributed by atoms with E-state index in [4.69, 9.17) is 29.4 Å². The van der Waals surface area contributed by atoms with Gasteiger partial charge in [-0.25, -0.2) is 4.98 Å². The SMILES string of the molecule is CC(=O)N[C@H]1[C@H](Oc2ncn(Cc3ccc([N+](=O)[O-])cc3)c2C(N)=O)O[C@H](COC(C)=O)[C@@H](OC(C)=O)[C@@H]1OC(C)=O. The molecule has 0 unspecified atom stereocenters. The van der Waals surface area contributed by atoms with E-state index in [1.54, 1.807) is 0 Å². The lowest BCUT2D eigenvalue weighted by Crippen LogP contribution is -2.67.